The molecule has 0 aromatic heterocycles. The zero-order chi connectivity index (χ0) is 12.5. The largest absolute Gasteiger partial charge is 0.326 e. The summed E-state index contributed by atoms with van der Waals surface area (Å²) in [6.07, 6.45) is 8.63. The number of hydrogen-bond acceptors (Lipinski definition) is 2. The summed E-state index contributed by atoms with van der Waals surface area (Å²) in [5.74, 6) is 0.977. The van der Waals surface area contributed by atoms with Gasteiger partial charge in [0.15, 0.2) is 0 Å². The molecule has 0 amide bonds. The first-order chi connectivity index (χ1) is 7.98. The summed E-state index contributed by atoms with van der Waals surface area (Å²) < 4.78 is 0. The lowest BCUT2D eigenvalue weighted by Crippen LogP contribution is -2.53. The second kappa shape index (κ2) is 5.27. The normalized spacial score (nSPS) is 33.2. The number of likely N-dealkylation sites (tertiary alicyclic amines) is 1. The Morgan fingerprint density at radius 3 is 2.47 bits per heavy atom. The van der Waals surface area contributed by atoms with Crippen molar-refractivity contribution in [1.82, 2.24) is 4.90 Å². The van der Waals surface area contributed by atoms with E-state index in [1.807, 2.05) is 0 Å². The maximum absolute atomic E-state index is 6.36. The van der Waals surface area contributed by atoms with E-state index in [2.05, 4.69) is 25.7 Å². The first-order valence-electron chi connectivity index (χ1n) is 7.48. The quantitative estimate of drug-likeness (QED) is 0.801. The molecule has 0 spiro atoms. The Bertz CT molecular complexity index is 242. The summed E-state index contributed by atoms with van der Waals surface area (Å²) in [4.78, 5) is 2.71. The SMILES string of the molecule is CC(C)(C)C(N)CN1CCC[C@H]2CCCC[C@H]21. The van der Waals surface area contributed by atoms with E-state index in [1.54, 1.807) is 0 Å². The van der Waals surface area contributed by atoms with E-state index >= 15 is 0 Å². The highest BCUT2D eigenvalue weighted by molar-refractivity contribution is 4.90. The molecule has 0 aromatic rings. The highest BCUT2D eigenvalue weighted by Gasteiger charge is 2.35. The molecule has 0 aromatic carbocycles. The van der Waals surface area contributed by atoms with Crippen molar-refractivity contribution < 1.29 is 0 Å². The molecule has 2 nitrogen and oxygen atoms in total. The minimum absolute atomic E-state index is 0.238. The monoisotopic (exact) mass is 238 g/mol. The predicted octanol–water partition coefficient (Wildman–Crippen LogP) is 3.01. The van der Waals surface area contributed by atoms with E-state index in [0.717, 1.165) is 18.5 Å². The zero-order valence-electron chi connectivity index (χ0n) is 11.9. The molecule has 2 rings (SSSR count). The van der Waals surface area contributed by atoms with Crippen LogP contribution in [0.5, 0.6) is 0 Å². The predicted molar refractivity (Wildman–Crippen MR) is 74.0 cm³/mol. The van der Waals surface area contributed by atoms with Gasteiger partial charge in [0.25, 0.3) is 0 Å². The van der Waals surface area contributed by atoms with Gasteiger partial charge in [-0.2, -0.15) is 0 Å². The first-order valence-corrected chi connectivity index (χ1v) is 7.48. The third-order valence-corrected chi connectivity index (χ3v) is 4.90. The second-order valence-electron chi connectivity index (χ2n) is 7.22. The number of rotatable bonds is 2. The summed E-state index contributed by atoms with van der Waals surface area (Å²) in [5, 5.41) is 0. The van der Waals surface area contributed by atoms with Crippen LogP contribution < -0.4 is 5.73 Å². The molecule has 100 valence electrons. The Labute approximate surface area is 107 Å². The van der Waals surface area contributed by atoms with Crippen LogP contribution in [-0.4, -0.2) is 30.1 Å². The van der Waals surface area contributed by atoms with Crippen molar-refractivity contribution in [3.8, 4) is 0 Å². The molecule has 2 aliphatic rings. The van der Waals surface area contributed by atoms with Crippen molar-refractivity contribution in [1.29, 1.82) is 0 Å². The van der Waals surface area contributed by atoms with Crippen LogP contribution in [0.1, 0.15) is 59.3 Å². The van der Waals surface area contributed by atoms with Gasteiger partial charge < -0.3 is 5.73 Å². The third-order valence-electron chi connectivity index (χ3n) is 4.90. The highest BCUT2D eigenvalue weighted by Crippen LogP contribution is 2.35. The van der Waals surface area contributed by atoms with E-state index < -0.39 is 0 Å². The lowest BCUT2D eigenvalue weighted by molar-refractivity contribution is 0.0457. The van der Waals surface area contributed by atoms with Crippen molar-refractivity contribution >= 4 is 0 Å². The number of hydrogen-bond donors (Lipinski definition) is 1. The molecule has 1 saturated heterocycles. The molecule has 0 bridgehead atoms. The molecule has 2 fully saturated rings. The Balaban J connectivity index is 1.95. The van der Waals surface area contributed by atoms with Crippen LogP contribution in [0.15, 0.2) is 0 Å². The van der Waals surface area contributed by atoms with Crippen molar-refractivity contribution in [3.63, 3.8) is 0 Å². The van der Waals surface area contributed by atoms with Crippen LogP contribution in [0, 0.1) is 11.3 Å². The lowest BCUT2D eigenvalue weighted by Gasteiger charge is -2.46. The molecular formula is C15H30N2. The second-order valence-corrected chi connectivity index (χ2v) is 7.22. The fourth-order valence-electron chi connectivity index (χ4n) is 3.48. The van der Waals surface area contributed by atoms with Gasteiger partial charge in [-0.25, -0.2) is 0 Å². The van der Waals surface area contributed by atoms with Crippen molar-refractivity contribution in [2.75, 3.05) is 13.1 Å². The van der Waals surface area contributed by atoms with E-state index in [-0.39, 0.29) is 5.41 Å². The topological polar surface area (TPSA) is 29.3 Å². The summed E-state index contributed by atoms with van der Waals surface area (Å²) >= 11 is 0. The molecule has 1 heterocycles. The van der Waals surface area contributed by atoms with Gasteiger partial charge in [-0.1, -0.05) is 33.6 Å². The van der Waals surface area contributed by atoms with Gasteiger partial charge in [0.05, 0.1) is 0 Å². The highest BCUT2D eigenvalue weighted by atomic mass is 15.2. The summed E-state index contributed by atoms with van der Waals surface area (Å²) in [6.45, 7) is 9.18. The number of piperidine rings is 1. The summed E-state index contributed by atoms with van der Waals surface area (Å²) in [6, 6.07) is 1.16. The fourth-order valence-corrected chi connectivity index (χ4v) is 3.48. The number of nitrogens with zero attached hydrogens (tertiary/aromatic N) is 1. The molecule has 1 saturated carbocycles. The van der Waals surface area contributed by atoms with E-state index in [0.29, 0.717) is 6.04 Å². The van der Waals surface area contributed by atoms with Crippen LogP contribution in [0.4, 0.5) is 0 Å². The number of fused-ring (bicyclic) bond motifs is 1. The minimum Gasteiger partial charge on any atom is -0.326 e. The Hall–Kier alpha value is -0.0800. The maximum Gasteiger partial charge on any atom is 0.0217 e. The fraction of sp³-hybridized carbons (Fsp3) is 1.00. The molecule has 2 heteroatoms. The van der Waals surface area contributed by atoms with Crippen LogP contribution in [0.25, 0.3) is 0 Å². The maximum atomic E-state index is 6.36. The summed E-state index contributed by atoms with van der Waals surface area (Å²) in [5.41, 5.74) is 6.60. The minimum atomic E-state index is 0.238. The average Bonchev–Trinajstić information content (AvgIpc) is 2.28. The average molecular weight is 238 g/mol. The van der Waals surface area contributed by atoms with Crippen molar-refractivity contribution in [2.45, 2.75) is 71.4 Å². The zero-order valence-corrected chi connectivity index (χ0v) is 11.9. The smallest absolute Gasteiger partial charge is 0.0217 e. The number of nitrogens with two attached hydrogens (primary N) is 1. The van der Waals surface area contributed by atoms with Crippen LogP contribution in [0.2, 0.25) is 0 Å². The Morgan fingerprint density at radius 1 is 1.12 bits per heavy atom. The standard InChI is InChI=1S/C15H30N2/c1-15(2,3)14(16)11-17-10-6-8-12-7-4-5-9-13(12)17/h12-14H,4-11,16H2,1-3H3/t12-,13-,14?/m1/s1. The molecule has 0 radical (unpaired) electrons. The molecule has 2 N–H and O–H groups in total. The molecule has 17 heavy (non-hydrogen) atoms. The van der Waals surface area contributed by atoms with Gasteiger partial charge in [0.2, 0.25) is 0 Å². The molecule has 3 atom stereocenters. The van der Waals surface area contributed by atoms with Crippen LogP contribution in [0.3, 0.4) is 0 Å². The lowest BCUT2D eigenvalue weighted by atomic mass is 9.77. The van der Waals surface area contributed by atoms with Gasteiger partial charge in [-0.3, -0.25) is 4.90 Å². The molecule has 1 aliphatic carbocycles. The van der Waals surface area contributed by atoms with Gasteiger partial charge in [0.1, 0.15) is 0 Å². The van der Waals surface area contributed by atoms with Gasteiger partial charge >= 0.3 is 0 Å². The van der Waals surface area contributed by atoms with Gasteiger partial charge in [-0.15, -0.1) is 0 Å². The van der Waals surface area contributed by atoms with Crippen LogP contribution in [-0.2, 0) is 0 Å². The molecule has 1 unspecified atom stereocenters. The van der Waals surface area contributed by atoms with E-state index in [9.17, 15) is 0 Å². The van der Waals surface area contributed by atoms with E-state index in [4.69, 9.17) is 5.73 Å². The first kappa shape index (κ1) is 13.4. The van der Waals surface area contributed by atoms with Gasteiger partial charge in [-0.05, 0) is 43.6 Å². The Kier molecular flexibility index (Phi) is 4.14. The Morgan fingerprint density at radius 2 is 1.76 bits per heavy atom. The van der Waals surface area contributed by atoms with E-state index in [1.165, 1.54) is 45.1 Å². The van der Waals surface area contributed by atoms with Crippen molar-refractivity contribution in [3.05, 3.63) is 0 Å². The third kappa shape index (κ3) is 3.23. The van der Waals surface area contributed by atoms with Crippen molar-refractivity contribution in [2.24, 2.45) is 17.1 Å². The molecular weight excluding hydrogens is 208 g/mol. The molecule has 1 aliphatic heterocycles. The summed E-state index contributed by atoms with van der Waals surface area (Å²) in [7, 11) is 0. The van der Waals surface area contributed by atoms with Crippen LogP contribution >= 0.6 is 0 Å². The van der Waals surface area contributed by atoms with Gasteiger partial charge in [0, 0.05) is 18.6 Å².